The van der Waals surface area contributed by atoms with Gasteiger partial charge < -0.3 is 5.32 Å². The molecule has 2 rings (SSSR count). The smallest absolute Gasteiger partial charge is 0.241 e. The molecular weight excluding hydrogens is 176 g/mol. The zero-order valence-corrected chi connectivity index (χ0v) is 8.97. The van der Waals surface area contributed by atoms with Crippen molar-refractivity contribution in [3.8, 4) is 0 Å². The zero-order chi connectivity index (χ0) is 10.1. The second-order valence-corrected chi connectivity index (χ2v) is 4.20. The Balaban J connectivity index is 2.23. The van der Waals surface area contributed by atoms with Crippen molar-refractivity contribution in [2.24, 2.45) is 0 Å². The van der Waals surface area contributed by atoms with Crippen molar-refractivity contribution in [2.75, 3.05) is 13.1 Å². The summed E-state index contributed by atoms with van der Waals surface area (Å²) in [7, 11) is 0. The van der Waals surface area contributed by atoms with Gasteiger partial charge in [-0.2, -0.15) is 0 Å². The highest BCUT2D eigenvalue weighted by molar-refractivity contribution is 5.84. The maximum Gasteiger partial charge on any atom is 0.241 e. The fourth-order valence-electron chi connectivity index (χ4n) is 2.41. The number of nitrogens with one attached hydrogen (secondary N) is 1. The van der Waals surface area contributed by atoms with E-state index in [1.807, 2.05) is 6.92 Å². The SMILES string of the molecule is CCC1=C(C)NC(=O)[C@H]2CCCN2C1. The average molecular weight is 194 g/mol. The molecule has 0 spiro atoms. The number of allylic oxidation sites excluding steroid dienone is 1. The molecule has 3 heteroatoms. The molecule has 1 N–H and O–H groups in total. The molecule has 78 valence electrons. The molecule has 1 atom stereocenters. The normalized spacial score (nSPS) is 28.7. The van der Waals surface area contributed by atoms with Gasteiger partial charge in [-0.05, 0) is 38.3 Å². The molecule has 2 aliphatic rings. The van der Waals surface area contributed by atoms with Crippen LogP contribution in [0.2, 0.25) is 0 Å². The van der Waals surface area contributed by atoms with Gasteiger partial charge in [0.05, 0.1) is 6.04 Å². The number of rotatable bonds is 1. The quantitative estimate of drug-likeness (QED) is 0.681. The van der Waals surface area contributed by atoms with Gasteiger partial charge in [-0.15, -0.1) is 0 Å². The van der Waals surface area contributed by atoms with Gasteiger partial charge in [-0.1, -0.05) is 6.92 Å². The van der Waals surface area contributed by atoms with Gasteiger partial charge in [-0.3, -0.25) is 9.69 Å². The minimum atomic E-state index is 0.133. The van der Waals surface area contributed by atoms with Crippen LogP contribution in [0, 0.1) is 0 Å². The summed E-state index contributed by atoms with van der Waals surface area (Å²) in [5, 5.41) is 3.01. The van der Waals surface area contributed by atoms with Gasteiger partial charge in [0.25, 0.3) is 0 Å². The third kappa shape index (κ3) is 1.57. The lowest BCUT2D eigenvalue weighted by Gasteiger charge is -2.20. The second-order valence-electron chi connectivity index (χ2n) is 4.20. The molecule has 1 amide bonds. The Morgan fingerprint density at radius 2 is 2.36 bits per heavy atom. The summed E-state index contributed by atoms with van der Waals surface area (Å²) in [5.41, 5.74) is 2.45. The van der Waals surface area contributed by atoms with Crippen molar-refractivity contribution in [2.45, 2.75) is 39.2 Å². The highest BCUT2D eigenvalue weighted by Crippen LogP contribution is 2.23. The van der Waals surface area contributed by atoms with Crippen molar-refractivity contribution in [1.29, 1.82) is 0 Å². The van der Waals surface area contributed by atoms with Crippen molar-refractivity contribution < 1.29 is 4.79 Å². The second kappa shape index (κ2) is 3.73. The Hall–Kier alpha value is -0.830. The van der Waals surface area contributed by atoms with Gasteiger partial charge in [0.1, 0.15) is 0 Å². The first-order valence-electron chi connectivity index (χ1n) is 5.46. The molecule has 2 heterocycles. The number of carbonyl (C=O) groups excluding carboxylic acids is 1. The van der Waals surface area contributed by atoms with Gasteiger partial charge in [-0.25, -0.2) is 0 Å². The Labute approximate surface area is 85.2 Å². The third-order valence-corrected chi connectivity index (χ3v) is 3.33. The molecule has 0 aliphatic carbocycles. The molecule has 0 aromatic carbocycles. The molecule has 14 heavy (non-hydrogen) atoms. The van der Waals surface area contributed by atoms with E-state index in [0.717, 1.165) is 38.0 Å². The average Bonchev–Trinajstić information content (AvgIpc) is 2.57. The number of fused-ring (bicyclic) bond motifs is 1. The van der Waals surface area contributed by atoms with Crippen LogP contribution in [0.1, 0.15) is 33.1 Å². The Bertz CT molecular complexity index is 283. The van der Waals surface area contributed by atoms with Crippen molar-refractivity contribution in [3.05, 3.63) is 11.3 Å². The van der Waals surface area contributed by atoms with Crippen LogP contribution in [0.15, 0.2) is 11.3 Å². The first kappa shape index (κ1) is 9.71. The summed E-state index contributed by atoms with van der Waals surface area (Å²) in [6.07, 6.45) is 3.22. The molecule has 1 saturated heterocycles. The van der Waals surface area contributed by atoms with E-state index in [1.165, 1.54) is 5.57 Å². The molecule has 3 nitrogen and oxygen atoms in total. The van der Waals surface area contributed by atoms with E-state index in [9.17, 15) is 4.79 Å². The number of hydrogen-bond donors (Lipinski definition) is 1. The first-order chi connectivity index (χ1) is 6.72. The van der Waals surface area contributed by atoms with E-state index in [2.05, 4.69) is 17.1 Å². The summed E-state index contributed by atoms with van der Waals surface area (Å²) in [6.45, 7) is 6.22. The maximum absolute atomic E-state index is 11.8. The maximum atomic E-state index is 11.8. The summed E-state index contributed by atoms with van der Waals surface area (Å²) in [5.74, 6) is 0.198. The number of nitrogens with zero attached hydrogens (tertiary/aromatic N) is 1. The van der Waals surface area contributed by atoms with Crippen LogP contribution >= 0.6 is 0 Å². The molecule has 0 saturated carbocycles. The molecule has 0 bridgehead atoms. The van der Waals surface area contributed by atoms with Crippen LogP contribution in [0.3, 0.4) is 0 Å². The monoisotopic (exact) mass is 194 g/mol. The van der Waals surface area contributed by atoms with Gasteiger partial charge in [0.2, 0.25) is 5.91 Å². The first-order valence-corrected chi connectivity index (χ1v) is 5.46. The third-order valence-electron chi connectivity index (χ3n) is 3.33. The van der Waals surface area contributed by atoms with Crippen LogP contribution in [0.25, 0.3) is 0 Å². The predicted molar refractivity (Wildman–Crippen MR) is 55.7 cm³/mol. The Morgan fingerprint density at radius 3 is 3.07 bits per heavy atom. The van der Waals surface area contributed by atoms with Crippen LogP contribution in [0.5, 0.6) is 0 Å². The van der Waals surface area contributed by atoms with E-state index < -0.39 is 0 Å². The number of carbonyl (C=O) groups is 1. The molecule has 0 aromatic heterocycles. The van der Waals surface area contributed by atoms with E-state index in [0.29, 0.717) is 0 Å². The lowest BCUT2D eigenvalue weighted by Crippen LogP contribution is -2.40. The summed E-state index contributed by atoms with van der Waals surface area (Å²) in [4.78, 5) is 14.1. The highest BCUT2D eigenvalue weighted by atomic mass is 16.2. The lowest BCUT2D eigenvalue weighted by molar-refractivity contribution is -0.124. The number of amides is 1. The molecule has 2 aliphatic heterocycles. The fourth-order valence-corrected chi connectivity index (χ4v) is 2.41. The van der Waals surface area contributed by atoms with Crippen LogP contribution in [-0.2, 0) is 4.79 Å². The standard InChI is InChI=1S/C11H18N2O/c1-3-9-7-13-6-4-5-10(13)11(14)12-8(9)2/h10H,3-7H2,1-2H3,(H,12,14)/t10-/m1/s1. The molecule has 1 fully saturated rings. The molecule has 0 radical (unpaired) electrons. The minimum Gasteiger partial charge on any atom is -0.329 e. The Kier molecular flexibility index (Phi) is 2.59. The van der Waals surface area contributed by atoms with E-state index in [-0.39, 0.29) is 11.9 Å². The van der Waals surface area contributed by atoms with E-state index >= 15 is 0 Å². The van der Waals surface area contributed by atoms with Crippen molar-refractivity contribution in [3.63, 3.8) is 0 Å². The van der Waals surface area contributed by atoms with Crippen molar-refractivity contribution >= 4 is 5.91 Å². The molecule has 0 unspecified atom stereocenters. The Morgan fingerprint density at radius 1 is 1.57 bits per heavy atom. The number of hydrogen-bond acceptors (Lipinski definition) is 2. The van der Waals surface area contributed by atoms with Crippen LogP contribution < -0.4 is 5.32 Å². The summed E-state index contributed by atoms with van der Waals surface area (Å²) >= 11 is 0. The minimum absolute atomic E-state index is 0.133. The van der Waals surface area contributed by atoms with Crippen molar-refractivity contribution in [1.82, 2.24) is 10.2 Å². The fraction of sp³-hybridized carbons (Fsp3) is 0.727. The topological polar surface area (TPSA) is 32.3 Å². The zero-order valence-electron chi connectivity index (χ0n) is 8.97. The van der Waals surface area contributed by atoms with E-state index in [1.54, 1.807) is 0 Å². The largest absolute Gasteiger partial charge is 0.329 e. The van der Waals surface area contributed by atoms with Gasteiger partial charge in [0, 0.05) is 12.2 Å². The van der Waals surface area contributed by atoms with E-state index in [4.69, 9.17) is 0 Å². The van der Waals surface area contributed by atoms with Crippen LogP contribution in [-0.4, -0.2) is 29.9 Å². The van der Waals surface area contributed by atoms with Gasteiger partial charge in [0.15, 0.2) is 0 Å². The van der Waals surface area contributed by atoms with Gasteiger partial charge >= 0.3 is 0 Å². The predicted octanol–water partition coefficient (Wildman–Crippen LogP) is 1.26. The molecule has 0 aromatic rings. The van der Waals surface area contributed by atoms with Crippen LogP contribution in [0.4, 0.5) is 0 Å². The lowest BCUT2D eigenvalue weighted by atomic mass is 10.1. The summed E-state index contributed by atoms with van der Waals surface area (Å²) < 4.78 is 0. The summed E-state index contributed by atoms with van der Waals surface area (Å²) in [6, 6.07) is 0.133. The highest BCUT2D eigenvalue weighted by Gasteiger charge is 2.33. The molecular formula is C11H18N2O.